The summed E-state index contributed by atoms with van der Waals surface area (Å²) in [6.07, 6.45) is 0. The summed E-state index contributed by atoms with van der Waals surface area (Å²) in [6.45, 7) is 0. The number of phenolic OH excluding ortho intramolecular Hbond substituents is 1. The van der Waals surface area contributed by atoms with E-state index in [9.17, 15) is 10.1 Å². The van der Waals surface area contributed by atoms with Crippen molar-refractivity contribution in [2.45, 2.75) is 0 Å². The maximum absolute atomic E-state index is 10.1. The average molecular weight is 197 g/mol. The SMILES string of the molecule is O=[N+]([O-])c1ccc(O)c(Cl)c1.[Na+]. The third-order valence-corrected chi connectivity index (χ3v) is 1.44. The summed E-state index contributed by atoms with van der Waals surface area (Å²) in [5, 5.41) is 19.0. The molecule has 0 unspecified atom stereocenters. The fourth-order valence-corrected chi connectivity index (χ4v) is 0.784. The fourth-order valence-electron chi connectivity index (χ4n) is 0.609. The fraction of sp³-hybridized carbons (Fsp3) is 0. The van der Waals surface area contributed by atoms with Crippen LogP contribution in [0, 0.1) is 10.1 Å². The Bertz CT molecular complexity index is 305. The van der Waals surface area contributed by atoms with Crippen LogP contribution >= 0.6 is 11.6 Å². The van der Waals surface area contributed by atoms with Gasteiger partial charge in [-0.1, -0.05) is 11.6 Å². The van der Waals surface area contributed by atoms with Crippen molar-refractivity contribution in [3.8, 4) is 5.75 Å². The van der Waals surface area contributed by atoms with E-state index in [-0.39, 0.29) is 46.0 Å². The van der Waals surface area contributed by atoms with E-state index < -0.39 is 4.92 Å². The molecule has 6 heteroatoms. The Morgan fingerprint density at radius 1 is 1.50 bits per heavy atom. The Morgan fingerprint density at radius 2 is 2.08 bits per heavy atom. The number of nitrogens with zero attached hydrogens (tertiary/aromatic N) is 1. The van der Waals surface area contributed by atoms with E-state index in [1.807, 2.05) is 0 Å². The summed E-state index contributed by atoms with van der Waals surface area (Å²) >= 11 is 5.40. The van der Waals surface area contributed by atoms with Crippen molar-refractivity contribution < 1.29 is 39.6 Å². The number of hydrogen-bond acceptors (Lipinski definition) is 3. The van der Waals surface area contributed by atoms with Gasteiger partial charge in [0.05, 0.1) is 9.95 Å². The van der Waals surface area contributed by atoms with Crippen molar-refractivity contribution >= 4 is 17.3 Å². The predicted octanol–water partition coefficient (Wildman–Crippen LogP) is -1.04. The average Bonchev–Trinajstić information content (AvgIpc) is 1.94. The Kier molecular flexibility index (Phi) is 4.55. The van der Waals surface area contributed by atoms with Gasteiger partial charge < -0.3 is 5.11 Å². The van der Waals surface area contributed by atoms with Crippen LogP contribution in [0.25, 0.3) is 0 Å². The van der Waals surface area contributed by atoms with Crippen LogP contribution in [0.1, 0.15) is 0 Å². The zero-order chi connectivity index (χ0) is 8.43. The third kappa shape index (κ3) is 2.64. The molecule has 0 heterocycles. The van der Waals surface area contributed by atoms with Crippen LogP contribution in [-0.2, 0) is 0 Å². The summed E-state index contributed by atoms with van der Waals surface area (Å²) in [6, 6.07) is 3.46. The summed E-state index contributed by atoms with van der Waals surface area (Å²) in [5.74, 6) is -0.155. The summed E-state index contributed by atoms with van der Waals surface area (Å²) in [5.41, 5.74) is -0.132. The number of hydrogen-bond donors (Lipinski definition) is 1. The Hall–Kier alpha value is -0.290. The topological polar surface area (TPSA) is 63.4 Å². The van der Waals surface area contributed by atoms with E-state index in [0.29, 0.717) is 0 Å². The molecular weight excluding hydrogens is 193 g/mol. The first kappa shape index (κ1) is 11.7. The summed E-state index contributed by atoms with van der Waals surface area (Å²) in [4.78, 5) is 9.55. The zero-order valence-electron chi connectivity index (χ0n) is 6.32. The molecule has 1 rings (SSSR count). The Morgan fingerprint density at radius 3 is 2.50 bits per heavy atom. The molecule has 0 fully saturated rings. The minimum absolute atomic E-state index is 0. The maximum Gasteiger partial charge on any atom is 1.00 e. The largest absolute Gasteiger partial charge is 1.00 e. The van der Waals surface area contributed by atoms with Crippen LogP contribution in [0.4, 0.5) is 5.69 Å². The first-order valence-corrected chi connectivity index (χ1v) is 3.12. The second-order valence-electron chi connectivity index (χ2n) is 1.89. The molecule has 0 spiro atoms. The monoisotopic (exact) mass is 196 g/mol. The molecule has 1 N–H and O–H groups in total. The number of benzene rings is 1. The maximum atomic E-state index is 10.1. The number of aromatic hydroxyl groups is 1. The number of nitro benzene ring substituents is 1. The molecule has 0 aliphatic rings. The molecule has 58 valence electrons. The summed E-state index contributed by atoms with van der Waals surface area (Å²) in [7, 11) is 0. The minimum atomic E-state index is -0.578. The van der Waals surface area contributed by atoms with Crippen LogP contribution in [0.15, 0.2) is 18.2 Å². The van der Waals surface area contributed by atoms with E-state index in [1.165, 1.54) is 12.1 Å². The second kappa shape index (κ2) is 4.67. The first-order valence-electron chi connectivity index (χ1n) is 2.74. The Balaban J connectivity index is 0.00000121. The molecule has 0 aliphatic carbocycles. The van der Waals surface area contributed by atoms with Crippen LogP contribution in [-0.4, -0.2) is 10.0 Å². The van der Waals surface area contributed by atoms with Crippen molar-refractivity contribution in [3.05, 3.63) is 33.3 Å². The van der Waals surface area contributed by atoms with Crippen LogP contribution in [0.2, 0.25) is 5.02 Å². The van der Waals surface area contributed by atoms with Crippen molar-refractivity contribution in [2.75, 3.05) is 0 Å². The molecule has 0 radical (unpaired) electrons. The molecule has 1 aromatic rings. The molecule has 12 heavy (non-hydrogen) atoms. The van der Waals surface area contributed by atoms with Gasteiger partial charge in [0.1, 0.15) is 5.75 Å². The van der Waals surface area contributed by atoms with Crippen molar-refractivity contribution in [1.82, 2.24) is 0 Å². The van der Waals surface area contributed by atoms with Gasteiger partial charge in [-0.05, 0) is 6.07 Å². The van der Waals surface area contributed by atoms with E-state index in [0.717, 1.165) is 6.07 Å². The number of halogens is 1. The predicted molar refractivity (Wildman–Crippen MR) is 39.8 cm³/mol. The summed E-state index contributed by atoms with van der Waals surface area (Å²) < 4.78 is 0. The van der Waals surface area contributed by atoms with Gasteiger partial charge in [-0.2, -0.15) is 0 Å². The third-order valence-electron chi connectivity index (χ3n) is 1.14. The number of phenols is 1. The normalized spacial score (nSPS) is 8.75. The number of non-ortho nitro benzene ring substituents is 1. The van der Waals surface area contributed by atoms with Gasteiger partial charge in [-0.3, -0.25) is 10.1 Å². The quantitative estimate of drug-likeness (QED) is 0.355. The molecule has 0 aromatic heterocycles. The molecule has 1 aromatic carbocycles. The van der Waals surface area contributed by atoms with E-state index in [4.69, 9.17) is 16.7 Å². The van der Waals surface area contributed by atoms with E-state index >= 15 is 0 Å². The van der Waals surface area contributed by atoms with Crippen LogP contribution in [0.5, 0.6) is 5.75 Å². The zero-order valence-corrected chi connectivity index (χ0v) is 9.08. The van der Waals surface area contributed by atoms with E-state index in [2.05, 4.69) is 0 Å². The molecular formula is C6H4ClNNaO3+. The van der Waals surface area contributed by atoms with Gasteiger partial charge in [0.25, 0.3) is 5.69 Å². The van der Waals surface area contributed by atoms with Gasteiger partial charge in [-0.25, -0.2) is 0 Å². The van der Waals surface area contributed by atoms with Gasteiger partial charge in [0.2, 0.25) is 0 Å². The molecule has 0 saturated heterocycles. The molecule has 0 aliphatic heterocycles. The number of nitro groups is 1. The first-order chi connectivity index (χ1) is 5.11. The van der Waals surface area contributed by atoms with Gasteiger partial charge in [0, 0.05) is 12.1 Å². The van der Waals surface area contributed by atoms with E-state index in [1.54, 1.807) is 0 Å². The minimum Gasteiger partial charge on any atom is -0.506 e. The molecule has 0 atom stereocenters. The molecule has 0 saturated carbocycles. The molecule has 4 nitrogen and oxygen atoms in total. The van der Waals surface area contributed by atoms with Crippen molar-refractivity contribution in [2.24, 2.45) is 0 Å². The molecule has 0 amide bonds. The second-order valence-corrected chi connectivity index (χ2v) is 2.30. The van der Waals surface area contributed by atoms with Crippen LogP contribution in [0.3, 0.4) is 0 Å². The Labute approximate surface area is 95.6 Å². The standard InChI is InChI=1S/C6H4ClNO3.Na/c7-5-3-4(8(10)11)1-2-6(5)9;/h1-3,9H;/q;+1. The molecule has 0 bridgehead atoms. The van der Waals surface area contributed by atoms with Gasteiger partial charge in [0.15, 0.2) is 0 Å². The van der Waals surface area contributed by atoms with Crippen molar-refractivity contribution in [3.63, 3.8) is 0 Å². The number of rotatable bonds is 1. The smallest absolute Gasteiger partial charge is 0.506 e. The van der Waals surface area contributed by atoms with Crippen molar-refractivity contribution in [1.29, 1.82) is 0 Å². The van der Waals surface area contributed by atoms with Crippen LogP contribution < -0.4 is 29.6 Å². The van der Waals surface area contributed by atoms with Gasteiger partial charge in [-0.15, -0.1) is 0 Å². The van der Waals surface area contributed by atoms with Gasteiger partial charge >= 0.3 is 29.6 Å².